The lowest BCUT2D eigenvalue weighted by molar-refractivity contribution is -0.0366. The molecule has 3 heterocycles. The zero-order chi connectivity index (χ0) is 22.3. The zero-order valence-electron chi connectivity index (χ0n) is 19.3. The van der Waals surface area contributed by atoms with Crippen molar-refractivity contribution in [1.82, 2.24) is 9.78 Å². The predicted octanol–water partition coefficient (Wildman–Crippen LogP) is 4.61. The molecule has 168 valence electrons. The summed E-state index contributed by atoms with van der Waals surface area (Å²) in [5.41, 5.74) is 2.14. The second-order valence-electron chi connectivity index (χ2n) is 9.69. The Bertz CT molecular complexity index is 1070. The van der Waals surface area contributed by atoms with Gasteiger partial charge < -0.3 is 18.8 Å². The van der Waals surface area contributed by atoms with Gasteiger partial charge in [-0.3, -0.25) is 0 Å². The van der Waals surface area contributed by atoms with Gasteiger partial charge in [-0.1, -0.05) is 36.4 Å². The van der Waals surface area contributed by atoms with Crippen molar-refractivity contribution in [3.05, 3.63) is 54.2 Å². The Hall–Kier alpha value is -2.35. The number of nitrogens with zero attached hydrogens (tertiary/aromatic N) is 2. The fourth-order valence-corrected chi connectivity index (χ4v) is 4.31. The molecule has 0 saturated carbocycles. The molecule has 0 radical (unpaired) electrons. The minimum absolute atomic E-state index is 0.0362. The van der Waals surface area contributed by atoms with Crippen LogP contribution in [0.15, 0.2) is 48.7 Å². The van der Waals surface area contributed by atoms with Gasteiger partial charge in [-0.15, -0.1) is 0 Å². The van der Waals surface area contributed by atoms with E-state index in [0.717, 1.165) is 53.5 Å². The van der Waals surface area contributed by atoms with Crippen molar-refractivity contribution in [2.24, 2.45) is 0 Å². The summed E-state index contributed by atoms with van der Waals surface area (Å²) in [6.45, 7) is 9.48. The highest BCUT2D eigenvalue weighted by molar-refractivity contribution is 6.63. The number of ether oxygens (including phenoxy) is 2. The number of rotatable bonds is 5. The molecule has 0 aliphatic carbocycles. The molecule has 0 unspecified atom stereocenters. The van der Waals surface area contributed by atoms with Crippen molar-refractivity contribution in [3.8, 4) is 5.75 Å². The third-order valence-corrected chi connectivity index (χ3v) is 6.92. The lowest BCUT2D eigenvalue weighted by atomic mass is 9.77. The van der Waals surface area contributed by atoms with E-state index in [4.69, 9.17) is 18.8 Å². The molecule has 2 fully saturated rings. The van der Waals surface area contributed by atoms with Gasteiger partial charge in [0.25, 0.3) is 0 Å². The normalized spacial score (nSPS) is 22.4. The summed E-state index contributed by atoms with van der Waals surface area (Å²) < 4.78 is 27.1. The van der Waals surface area contributed by atoms with E-state index in [2.05, 4.69) is 51.0 Å². The molecule has 32 heavy (non-hydrogen) atoms. The number of benzene rings is 2. The van der Waals surface area contributed by atoms with E-state index in [9.17, 15) is 0 Å². The Balaban J connectivity index is 1.55. The minimum atomic E-state index is -0.510. The van der Waals surface area contributed by atoms with E-state index in [-0.39, 0.29) is 6.23 Å². The summed E-state index contributed by atoms with van der Waals surface area (Å²) in [6.07, 6.45) is 5.06. The van der Waals surface area contributed by atoms with Crippen molar-refractivity contribution in [1.29, 1.82) is 0 Å². The van der Waals surface area contributed by atoms with Gasteiger partial charge in [-0.2, -0.15) is 5.10 Å². The highest BCUT2D eigenvalue weighted by Gasteiger charge is 2.52. The minimum Gasteiger partial charge on any atom is -0.488 e. The molecule has 0 amide bonds. The van der Waals surface area contributed by atoms with Gasteiger partial charge in [-0.05, 0) is 58.6 Å². The molecule has 2 saturated heterocycles. The summed E-state index contributed by atoms with van der Waals surface area (Å²) in [4.78, 5) is 0. The van der Waals surface area contributed by atoms with E-state index in [1.54, 1.807) is 0 Å². The maximum Gasteiger partial charge on any atom is 0.498 e. The molecule has 2 aromatic carbocycles. The zero-order valence-corrected chi connectivity index (χ0v) is 19.3. The van der Waals surface area contributed by atoms with Crippen LogP contribution in [0.2, 0.25) is 0 Å². The molecule has 2 aliphatic rings. The quantitative estimate of drug-likeness (QED) is 0.549. The number of hydrogen-bond donors (Lipinski definition) is 0. The lowest BCUT2D eigenvalue weighted by Gasteiger charge is -2.32. The third-order valence-electron chi connectivity index (χ3n) is 6.92. The Morgan fingerprint density at radius 2 is 1.78 bits per heavy atom. The van der Waals surface area contributed by atoms with Crippen molar-refractivity contribution in [3.63, 3.8) is 0 Å². The maximum absolute atomic E-state index is 6.43. The molecule has 0 N–H and O–H groups in total. The SMILES string of the molecule is CC1(C)OB(c2ccc3c(cnn3[C@H]3CCCCO3)c2OCc2ccccc2)OC1(C)C. The summed E-state index contributed by atoms with van der Waals surface area (Å²) in [5.74, 6) is 0.756. The highest BCUT2D eigenvalue weighted by atomic mass is 16.7. The standard InChI is InChI=1S/C25H31BN2O4/c1-24(2)25(3,4)32-26(31-24)20-13-14-21-19(16-27-28(21)22-12-8-9-15-29-22)23(20)30-17-18-10-6-5-7-11-18/h5-7,10-11,13-14,16,22H,8-9,12,15,17H2,1-4H3/t22-/m1/s1. The van der Waals surface area contributed by atoms with Crippen LogP contribution >= 0.6 is 0 Å². The summed E-state index contributed by atoms with van der Waals surface area (Å²) in [6, 6.07) is 14.3. The van der Waals surface area contributed by atoms with E-state index >= 15 is 0 Å². The Morgan fingerprint density at radius 3 is 2.47 bits per heavy atom. The Morgan fingerprint density at radius 1 is 1.03 bits per heavy atom. The average Bonchev–Trinajstić information content (AvgIpc) is 3.31. The van der Waals surface area contributed by atoms with E-state index in [1.165, 1.54) is 0 Å². The van der Waals surface area contributed by atoms with Gasteiger partial charge in [-0.25, -0.2) is 4.68 Å². The second kappa shape index (κ2) is 8.21. The van der Waals surface area contributed by atoms with Crippen LogP contribution in [0, 0.1) is 0 Å². The summed E-state index contributed by atoms with van der Waals surface area (Å²) >= 11 is 0. The summed E-state index contributed by atoms with van der Waals surface area (Å²) in [5, 5.41) is 5.64. The van der Waals surface area contributed by atoms with Crippen LogP contribution < -0.4 is 10.2 Å². The first kappa shape index (κ1) is 21.5. The van der Waals surface area contributed by atoms with Crippen LogP contribution in [-0.2, 0) is 20.7 Å². The molecule has 0 bridgehead atoms. The Kier molecular flexibility index (Phi) is 5.52. The molecule has 0 spiro atoms. The lowest BCUT2D eigenvalue weighted by Crippen LogP contribution is -2.41. The monoisotopic (exact) mass is 434 g/mol. The van der Waals surface area contributed by atoms with Gasteiger partial charge in [0.1, 0.15) is 12.4 Å². The Labute approximate surface area is 189 Å². The molecule has 3 aromatic rings. The fraction of sp³-hybridized carbons (Fsp3) is 0.480. The first-order valence-electron chi connectivity index (χ1n) is 11.5. The van der Waals surface area contributed by atoms with E-state index in [0.29, 0.717) is 6.61 Å². The van der Waals surface area contributed by atoms with Crippen LogP contribution in [0.1, 0.15) is 58.7 Å². The largest absolute Gasteiger partial charge is 0.498 e. The van der Waals surface area contributed by atoms with Gasteiger partial charge in [0, 0.05) is 12.1 Å². The average molecular weight is 434 g/mol. The molecule has 1 atom stereocenters. The number of fused-ring (bicyclic) bond motifs is 1. The summed E-state index contributed by atoms with van der Waals surface area (Å²) in [7, 11) is -0.510. The fourth-order valence-electron chi connectivity index (χ4n) is 4.31. The maximum atomic E-state index is 6.43. The van der Waals surface area contributed by atoms with Crippen molar-refractivity contribution in [2.75, 3.05) is 6.61 Å². The molecule has 1 aromatic heterocycles. The van der Waals surface area contributed by atoms with Gasteiger partial charge >= 0.3 is 7.12 Å². The smallest absolute Gasteiger partial charge is 0.488 e. The molecule has 7 heteroatoms. The topological polar surface area (TPSA) is 54.7 Å². The third kappa shape index (κ3) is 3.83. The van der Waals surface area contributed by atoms with Crippen LogP contribution in [0.25, 0.3) is 10.9 Å². The molecular formula is C25H31BN2O4. The van der Waals surface area contributed by atoms with Crippen molar-refractivity contribution < 1.29 is 18.8 Å². The number of aromatic nitrogens is 2. The molecule has 6 nitrogen and oxygen atoms in total. The first-order chi connectivity index (χ1) is 15.4. The van der Waals surface area contributed by atoms with Gasteiger partial charge in [0.15, 0.2) is 6.23 Å². The highest BCUT2D eigenvalue weighted by Crippen LogP contribution is 2.38. The molecule has 5 rings (SSSR count). The van der Waals surface area contributed by atoms with Crippen molar-refractivity contribution >= 4 is 23.5 Å². The molecule has 2 aliphatic heterocycles. The van der Waals surface area contributed by atoms with E-state index < -0.39 is 18.3 Å². The first-order valence-corrected chi connectivity index (χ1v) is 11.5. The van der Waals surface area contributed by atoms with Crippen LogP contribution in [0.5, 0.6) is 5.75 Å². The predicted molar refractivity (Wildman–Crippen MR) is 125 cm³/mol. The second-order valence-corrected chi connectivity index (χ2v) is 9.69. The van der Waals surface area contributed by atoms with E-state index in [1.807, 2.05) is 35.1 Å². The van der Waals surface area contributed by atoms with Crippen molar-refractivity contribution in [2.45, 2.75) is 71.0 Å². The van der Waals surface area contributed by atoms with Crippen LogP contribution in [0.4, 0.5) is 0 Å². The van der Waals surface area contributed by atoms with Crippen LogP contribution in [-0.4, -0.2) is 34.7 Å². The van der Waals surface area contributed by atoms with Crippen LogP contribution in [0.3, 0.4) is 0 Å². The molecular weight excluding hydrogens is 403 g/mol. The van der Waals surface area contributed by atoms with Gasteiger partial charge in [0.05, 0.1) is 28.3 Å². The number of hydrogen-bond acceptors (Lipinski definition) is 5. The van der Waals surface area contributed by atoms with Gasteiger partial charge in [0.2, 0.25) is 0 Å².